The minimum absolute atomic E-state index is 0.00573. The van der Waals surface area contributed by atoms with Crippen LogP contribution in [0.3, 0.4) is 0 Å². The molecule has 2 aromatic rings. The van der Waals surface area contributed by atoms with Crippen LogP contribution in [0.15, 0.2) is 35.6 Å². The third-order valence-corrected chi connectivity index (χ3v) is 4.50. The van der Waals surface area contributed by atoms with E-state index in [0.717, 1.165) is 30.6 Å². The summed E-state index contributed by atoms with van der Waals surface area (Å²) in [5.41, 5.74) is 2.47. The highest BCUT2D eigenvalue weighted by Gasteiger charge is 2.50. The molecule has 0 radical (unpaired) electrons. The second-order valence-electron chi connectivity index (χ2n) is 6.85. The van der Waals surface area contributed by atoms with Crippen molar-refractivity contribution in [1.82, 2.24) is 9.97 Å². The summed E-state index contributed by atoms with van der Waals surface area (Å²) >= 11 is 0. The first kappa shape index (κ1) is 22.3. The van der Waals surface area contributed by atoms with Gasteiger partial charge in [0.25, 0.3) is 18.4 Å². The zero-order valence-electron chi connectivity index (χ0n) is 15.8. The Labute approximate surface area is 171 Å². The number of alkyl halides is 5. The van der Waals surface area contributed by atoms with E-state index < -0.39 is 54.1 Å². The lowest BCUT2D eigenvalue weighted by Crippen LogP contribution is -2.46. The summed E-state index contributed by atoms with van der Waals surface area (Å²) in [6.45, 7) is 1.25. The fourth-order valence-corrected chi connectivity index (χ4v) is 3.00. The highest BCUT2D eigenvalue weighted by Crippen LogP contribution is 2.41. The SMILES string of the molecule is C[C@@]1(c2cc(NC(=O)c3cnc(C(F)F)cn3)ccc2F)C[C@@H](C(F)(F)F)OC(N)=N1. The molecule has 1 aromatic heterocycles. The van der Waals surface area contributed by atoms with E-state index in [1.807, 2.05) is 0 Å². The summed E-state index contributed by atoms with van der Waals surface area (Å²) < 4.78 is 83.5. The maximum Gasteiger partial charge on any atom is 0.425 e. The number of carbonyl (C=O) groups is 1. The molecule has 2 heterocycles. The van der Waals surface area contributed by atoms with E-state index in [-0.39, 0.29) is 16.9 Å². The monoisotopic (exact) mass is 447 g/mol. The first-order valence-electron chi connectivity index (χ1n) is 8.69. The van der Waals surface area contributed by atoms with Crippen LogP contribution in [0.25, 0.3) is 0 Å². The van der Waals surface area contributed by atoms with Crippen LogP contribution in [0.5, 0.6) is 0 Å². The maximum atomic E-state index is 14.5. The van der Waals surface area contributed by atoms with Crippen molar-refractivity contribution in [2.75, 3.05) is 5.32 Å². The first-order valence-corrected chi connectivity index (χ1v) is 8.69. The molecule has 166 valence electrons. The molecule has 3 N–H and O–H groups in total. The Morgan fingerprint density at radius 2 is 2.00 bits per heavy atom. The summed E-state index contributed by atoms with van der Waals surface area (Å²) in [5, 5.41) is 2.35. The number of amidine groups is 1. The van der Waals surface area contributed by atoms with Gasteiger partial charge >= 0.3 is 6.18 Å². The van der Waals surface area contributed by atoms with Gasteiger partial charge in [0.1, 0.15) is 17.2 Å². The van der Waals surface area contributed by atoms with Gasteiger partial charge in [-0.3, -0.25) is 9.78 Å². The lowest BCUT2D eigenvalue weighted by Gasteiger charge is -2.36. The van der Waals surface area contributed by atoms with Crippen molar-refractivity contribution in [1.29, 1.82) is 0 Å². The number of aliphatic imine (C=N–C) groups is 1. The Morgan fingerprint density at radius 3 is 2.58 bits per heavy atom. The Bertz CT molecular complexity index is 1010. The molecule has 1 aliphatic heterocycles. The van der Waals surface area contributed by atoms with Crippen LogP contribution in [0.1, 0.15) is 41.5 Å². The minimum atomic E-state index is -4.76. The molecule has 1 aliphatic rings. The maximum absolute atomic E-state index is 14.5. The molecule has 0 saturated heterocycles. The number of rotatable bonds is 4. The van der Waals surface area contributed by atoms with Gasteiger partial charge in [-0.25, -0.2) is 23.1 Å². The van der Waals surface area contributed by atoms with Crippen LogP contribution in [0, 0.1) is 5.82 Å². The summed E-state index contributed by atoms with van der Waals surface area (Å²) in [7, 11) is 0. The van der Waals surface area contributed by atoms with Crippen LogP contribution in [0.2, 0.25) is 0 Å². The van der Waals surface area contributed by atoms with E-state index in [0.29, 0.717) is 0 Å². The summed E-state index contributed by atoms with van der Waals surface area (Å²) in [4.78, 5) is 23.1. The van der Waals surface area contributed by atoms with E-state index in [1.165, 1.54) is 6.92 Å². The number of carbonyl (C=O) groups excluding carboxylic acids is 1. The van der Waals surface area contributed by atoms with Crippen LogP contribution in [-0.4, -0.2) is 34.2 Å². The standard InChI is InChI=1S/C18H15F6N5O2/c1-17(5-13(18(22,23)24)31-16(25)29-17)9-4-8(2-3-10(9)19)28-15(30)12-7-26-11(6-27-12)14(20)21/h2-4,6-7,13-14H,5H2,1H3,(H2,25,29)(H,28,30)/t13-,17-/m0/s1. The largest absolute Gasteiger partial charge is 0.452 e. The molecule has 0 unspecified atom stereocenters. The zero-order chi connectivity index (χ0) is 23.0. The highest BCUT2D eigenvalue weighted by molar-refractivity contribution is 6.02. The molecule has 2 atom stereocenters. The van der Waals surface area contributed by atoms with Crippen molar-refractivity contribution in [3.8, 4) is 0 Å². The van der Waals surface area contributed by atoms with E-state index in [1.54, 1.807) is 0 Å². The number of aromatic nitrogens is 2. The number of benzene rings is 1. The van der Waals surface area contributed by atoms with Gasteiger partial charge in [0, 0.05) is 17.7 Å². The van der Waals surface area contributed by atoms with Gasteiger partial charge in [0.2, 0.25) is 0 Å². The molecule has 0 spiro atoms. The number of amides is 1. The number of anilines is 1. The van der Waals surface area contributed by atoms with Crippen LogP contribution in [-0.2, 0) is 10.3 Å². The molecule has 31 heavy (non-hydrogen) atoms. The lowest BCUT2D eigenvalue weighted by molar-refractivity contribution is -0.208. The first-order chi connectivity index (χ1) is 14.4. The number of nitrogens with zero attached hydrogens (tertiary/aromatic N) is 3. The second kappa shape index (κ2) is 8.04. The molecule has 0 fully saturated rings. The average molecular weight is 447 g/mol. The highest BCUT2D eigenvalue weighted by atomic mass is 19.4. The van der Waals surface area contributed by atoms with Crippen LogP contribution in [0.4, 0.5) is 32.0 Å². The summed E-state index contributed by atoms with van der Waals surface area (Å²) in [6.07, 6.45) is -9.10. The van der Waals surface area contributed by atoms with Crippen molar-refractivity contribution in [2.45, 2.75) is 37.6 Å². The van der Waals surface area contributed by atoms with Crippen LogP contribution >= 0.6 is 0 Å². The van der Waals surface area contributed by atoms with Gasteiger partial charge < -0.3 is 15.8 Å². The van der Waals surface area contributed by atoms with E-state index in [4.69, 9.17) is 5.73 Å². The van der Waals surface area contributed by atoms with Crippen molar-refractivity contribution >= 4 is 17.6 Å². The van der Waals surface area contributed by atoms with Gasteiger partial charge in [0.15, 0.2) is 6.10 Å². The number of nitrogens with two attached hydrogens (primary N) is 1. The Kier molecular flexibility index (Phi) is 5.79. The molecule has 0 saturated carbocycles. The predicted molar refractivity (Wildman–Crippen MR) is 95.9 cm³/mol. The number of hydrogen-bond donors (Lipinski definition) is 2. The van der Waals surface area contributed by atoms with Crippen molar-refractivity contribution < 1.29 is 35.9 Å². The topological polar surface area (TPSA) is 102 Å². The summed E-state index contributed by atoms with van der Waals surface area (Å²) in [5.74, 6) is -1.72. The molecular formula is C18H15F6N5O2. The smallest absolute Gasteiger partial charge is 0.425 e. The Balaban J connectivity index is 1.88. The second-order valence-corrected chi connectivity index (χ2v) is 6.85. The third-order valence-electron chi connectivity index (χ3n) is 4.50. The summed E-state index contributed by atoms with van der Waals surface area (Å²) in [6, 6.07) is 2.45. The molecule has 0 aliphatic carbocycles. The molecular weight excluding hydrogens is 432 g/mol. The molecule has 1 amide bonds. The van der Waals surface area contributed by atoms with Crippen molar-refractivity contribution in [2.24, 2.45) is 10.7 Å². The normalized spacial score (nSPS) is 21.4. The molecule has 1 aromatic carbocycles. The molecule has 7 nitrogen and oxygen atoms in total. The van der Waals surface area contributed by atoms with Crippen molar-refractivity contribution in [3.63, 3.8) is 0 Å². The molecule has 13 heteroatoms. The Hall–Kier alpha value is -3.38. The number of nitrogens with one attached hydrogen (secondary N) is 1. The van der Waals surface area contributed by atoms with Gasteiger partial charge in [-0.15, -0.1) is 0 Å². The van der Waals surface area contributed by atoms with Gasteiger partial charge in [0.05, 0.1) is 17.9 Å². The number of halogens is 6. The molecule has 0 bridgehead atoms. The number of ether oxygens (including phenoxy) is 1. The third kappa shape index (κ3) is 4.86. The fraction of sp³-hybridized carbons (Fsp3) is 0.333. The van der Waals surface area contributed by atoms with E-state index in [9.17, 15) is 31.1 Å². The van der Waals surface area contributed by atoms with Crippen molar-refractivity contribution in [3.05, 3.63) is 53.4 Å². The van der Waals surface area contributed by atoms with E-state index in [2.05, 4.69) is 25.0 Å². The minimum Gasteiger partial charge on any atom is -0.452 e. The molecule has 3 rings (SSSR count). The van der Waals surface area contributed by atoms with E-state index >= 15 is 0 Å². The van der Waals surface area contributed by atoms with Gasteiger partial charge in [-0.1, -0.05) is 0 Å². The lowest BCUT2D eigenvalue weighted by atomic mass is 9.85. The van der Waals surface area contributed by atoms with Crippen LogP contribution < -0.4 is 11.1 Å². The number of hydrogen-bond acceptors (Lipinski definition) is 6. The predicted octanol–water partition coefficient (Wildman–Crippen LogP) is 3.69. The zero-order valence-corrected chi connectivity index (χ0v) is 15.8. The average Bonchev–Trinajstić information content (AvgIpc) is 2.68. The van der Waals surface area contributed by atoms with Gasteiger partial charge in [-0.2, -0.15) is 13.2 Å². The quantitative estimate of drug-likeness (QED) is 0.697. The fourth-order valence-electron chi connectivity index (χ4n) is 3.00. The van der Waals surface area contributed by atoms with Gasteiger partial charge in [-0.05, 0) is 25.1 Å². The Morgan fingerprint density at radius 1 is 1.29 bits per heavy atom.